The van der Waals surface area contributed by atoms with Gasteiger partial charge in [-0.3, -0.25) is 8.42 Å². The summed E-state index contributed by atoms with van der Waals surface area (Å²) in [7, 11) is -5.17. The number of hydrogen-bond donors (Lipinski definition) is 0. The third-order valence-corrected chi connectivity index (χ3v) is 0. The molecular weight excluding hydrogens is 384 g/mol. The van der Waals surface area contributed by atoms with Gasteiger partial charge < -0.3 is 29.6 Å². The van der Waals surface area contributed by atoms with E-state index in [0.717, 1.165) is 0 Å². The van der Waals surface area contributed by atoms with Crippen LogP contribution < -0.4 is 10.2 Å². The van der Waals surface area contributed by atoms with E-state index < -0.39 is 16.6 Å². The SMILES string of the molecule is O.O=C([O-])[O-].O=S(=O)([O-])[O-].[O]=[Zn].[Zn+2].[Zn+2]. The molecule has 14 heavy (non-hydrogen) atoms. The van der Waals surface area contributed by atoms with Crippen LogP contribution in [-0.2, 0) is 71.2 Å². The van der Waals surface area contributed by atoms with Crippen molar-refractivity contribution in [1.29, 1.82) is 0 Å². The van der Waals surface area contributed by atoms with E-state index in [1.807, 2.05) is 0 Å². The minimum atomic E-state index is -5.17. The number of carboxylic acid groups (broad SMARTS) is 2. The first-order chi connectivity index (χ1) is 4.73. The molecule has 13 heteroatoms. The second kappa shape index (κ2) is 23.5. The van der Waals surface area contributed by atoms with Gasteiger partial charge in [-0.05, 0) is 6.16 Å². The van der Waals surface area contributed by atoms with Crippen molar-refractivity contribution >= 4 is 16.6 Å². The maximum Gasteiger partial charge on any atom is 2.00 e. The second-order valence-corrected chi connectivity index (χ2v) is 1.47. The third-order valence-electron chi connectivity index (χ3n) is 0. The number of rotatable bonds is 0. The van der Waals surface area contributed by atoms with Gasteiger partial charge in [0.15, 0.2) is 0 Å². The van der Waals surface area contributed by atoms with E-state index >= 15 is 0 Å². The van der Waals surface area contributed by atoms with Crippen molar-refractivity contribution in [1.82, 2.24) is 0 Å². The molecule has 0 amide bonds. The molecule has 0 fully saturated rings. The summed E-state index contributed by atoms with van der Waals surface area (Å²) in [6.45, 7) is 0. The maximum atomic E-state index is 8.52. The molecule has 0 aliphatic heterocycles. The van der Waals surface area contributed by atoms with Gasteiger partial charge in [-0.2, -0.15) is 0 Å². The van der Waals surface area contributed by atoms with Crippen LogP contribution in [0.2, 0.25) is 0 Å². The summed E-state index contributed by atoms with van der Waals surface area (Å²) >= 11 is 0.125. The van der Waals surface area contributed by atoms with Gasteiger partial charge in [0.1, 0.15) is 0 Å². The van der Waals surface area contributed by atoms with E-state index in [0.29, 0.717) is 0 Å². The number of hydrogen-bond acceptors (Lipinski definition) is 8. The third kappa shape index (κ3) is 2980. The summed E-state index contributed by atoms with van der Waals surface area (Å²) in [5, 5.41) is 16.7. The standard InChI is InChI=1S/CH2O3.H2O4S.H2O.O.3Zn/c2-1(3)4;1-5(2,3)4;;;;;/h(H2,2,3,4);(H2,1,2,3,4);1H2;;;;/q;;;;;2*+2/p-4. The predicted molar refractivity (Wildman–Crippen MR) is 20.2 cm³/mol. The summed E-state index contributed by atoms with van der Waals surface area (Å²) in [4.78, 5) is 8.33. The van der Waals surface area contributed by atoms with Crippen molar-refractivity contribution in [3.8, 4) is 0 Å². The van der Waals surface area contributed by atoms with E-state index in [2.05, 4.69) is 0 Å². The molecule has 0 saturated carbocycles. The minimum Gasteiger partial charge on any atom is 2.00 e. The largest absolute Gasteiger partial charge is 2.00 e. The molecule has 0 aliphatic carbocycles. The predicted octanol–water partition coefficient (Wildman–Crippen LogP) is -4.74. The summed E-state index contributed by atoms with van der Waals surface area (Å²) in [6, 6.07) is 0. The maximum absolute atomic E-state index is 8.52. The van der Waals surface area contributed by atoms with Crippen LogP contribution in [-0.4, -0.2) is 29.2 Å². The second-order valence-electron chi connectivity index (χ2n) is 0.658. The summed E-state index contributed by atoms with van der Waals surface area (Å²) in [5.41, 5.74) is 0. The summed E-state index contributed by atoms with van der Waals surface area (Å²) in [6.07, 6.45) is -2.33. The smallest absolute Gasteiger partial charge is 2.00 e. The van der Waals surface area contributed by atoms with Gasteiger partial charge >= 0.3 is 60.8 Å². The van der Waals surface area contributed by atoms with Gasteiger partial charge in [0.2, 0.25) is 0 Å². The topological polar surface area (TPSA) is 192 Å². The normalized spacial score (nSPS) is 6.29. The zero-order chi connectivity index (χ0) is 10.1. The molecule has 0 bridgehead atoms. The monoisotopic (exact) mass is 382 g/mol. The fourth-order valence-electron chi connectivity index (χ4n) is 0. The van der Waals surface area contributed by atoms with Gasteiger partial charge in [-0.25, -0.2) is 0 Å². The van der Waals surface area contributed by atoms with Crippen LogP contribution in [0.1, 0.15) is 0 Å². The Morgan fingerprint density at radius 3 is 1.00 bits per heavy atom. The Kier molecular flexibility index (Phi) is 61.2. The first kappa shape index (κ1) is 36.4. The van der Waals surface area contributed by atoms with Crippen LogP contribution in [0.15, 0.2) is 0 Å². The molecule has 0 aromatic carbocycles. The van der Waals surface area contributed by atoms with Crippen molar-refractivity contribution < 1.29 is 98.8 Å². The number of carbonyl (C=O) groups is 1. The van der Waals surface area contributed by atoms with Crippen LogP contribution in [0.4, 0.5) is 4.79 Å². The van der Waals surface area contributed by atoms with Crippen LogP contribution in [0.25, 0.3) is 0 Å². The van der Waals surface area contributed by atoms with E-state index in [1.165, 1.54) is 0 Å². The molecule has 0 heterocycles. The van der Waals surface area contributed by atoms with Gasteiger partial charge in [0.05, 0.1) is 0 Å². The van der Waals surface area contributed by atoms with E-state index in [-0.39, 0.29) is 62.7 Å². The Balaban J connectivity index is -0.0000000166. The Hall–Kier alpha value is 0.770. The molecule has 72 valence electrons. The Labute approximate surface area is 115 Å². The summed E-state index contributed by atoms with van der Waals surface area (Å²) < 4.78 is 42.5. The Morgan fingerprint density at radius 1 is 1.00 bits per heavy atom. The first-order valence-electron chi connectivity index (χ1n) is 1.57. The molecular formula is CH2O9SZn3. The van der Waals surface area contributed by atoms with E-state index in [4.69, 9.17) is 36.1 Å². The molecule has 0 aliphatic rings. The zero-order valence-corrected chi connectivity index (χ0v) is 16.5. The van der Waals surface area contributed by atoms with Crippen molar-refractivity contribution in [3.63, 3.8) is 0 Å². The van der Waals surface area contributed by atoms with Crippen molar-refractivity contribution in [2.75, 3.05) is 0 Å². The molecule has 9 nitrogen and oxygen atoms in total. The number of carbonyl (C=O) groups excluding carboxylic acids is 1. The van der Waals surface area contributed by atoms with Crippen LogP contribution >= 0.6 is 0 Å². The van der Waals surface area contributed by atoms with Gasteiger partial charge in [0.25, 0.3) is 0 Å². The minimum absolute atomic E-state index is 0. The molecule has 0 spiro atoms. The van der Waals surface area contributed by atoms with E-state index in [1.54, 1.807) is 0 Å². The zero-order valence-electron chi connectivity index (χ0n) is 6.80. The molecule has 0 unspecified atom stereocenters. The van der Waals surface area contributed by atoms with E-state index in [9.17, 15) is 0 Å². The molecule has 0 aromatic heterocycles. The average Bonchev–Trinajstić information content (AvgIpc) is 1.63. The first-order valence-corrected chi connectivity index (χ1v) is 4.11. The molecule has 0 atom stereocenters. The Morgan fingerprint density at radius 2 is 1.00 bits per heavy atom. The van der Waals surface area contributed by atoms with Gasteiger partial charge in [-0.1, -0.05) is 0 Å². The average molecular weight is 386 g/mol. The van der Waals surface area contributed by atoms with Crippen molar-refractivity contribution in [2.24, 2.45) is 0 Å². The van der Waals surface area contributed by atoms with Gasteiger partial charge in [0, 0.05) is 10.4 Å². The van der Waals surface area contributed by atoms with Crippen LogP contribution in [0.3, 0.4) is 0 Å². The molecule has 0 aromatic rings. The molecule has 2 N–H and O–H groups in total. The van der Waals surface area contributed by atoms with Crippen molar-refractivity contribution in [2.45, 2.75) is 0 Å². The Bertz CT molecular complexity index is 174. The van der Waals surface area contributed by atoms with Crippen molar-refractivity contribution in [3.05, 3.63) is 0 Å². The van der Waals surface area contributed by atoms with Crippen LogP contribution in [0.5, 0.6) is 0 Å². The van der Waals surface area contributed by atoms with Crippen LogP contribution in [0, 0.1) is 0 Å². The molecule has 0 rings (SSSR count). The molecule has 0 saturated heterocycles. The fraction of sp³-hybridized carbons (Fsp3) is 0. The molecule has 0 radical (unpaired) electrons. The summed E-state index contributed by atoms with van der Waals surface area (Å²) in [5.74, 6) is 0. The van der Waals surface area contributed by atoms with Gasteiger partial charge in [-0.15, -0.1) is 0 Å². The fourth-order valence-corrected chi connectivity index (χ4v) is 0. The quantitative estimate of drug-likeness (QED) is 0.225.